The van der Waals surface area contributed by atoms with Crippen LogP contribution in [0.25, 0.3) is 0 Å². The molecular formula is C16H10F8N2W. The van der Waals surface area contributed by atoms with Gasteiger partial charge in [-0.3, -0.25) is 0 Å². The van der Waals surface area contributed by atoms with Gasteiger partial charge in [0.25, 0.3) is 0 Å². The first-order valence-electron chi connectivity index (χ1n) is 7.07. The van der Waals surface area contributed by atoms with Crippen LogP contribution >= 0.6 is 0 Å². The van der Waals surface area contributed by atoms with Gasteiger partial charge in [-0.25, -0.2) is 0 Å². The molecule has 0 unspecified atom stereocenters. The number of halogens is 8. The Bertz CT molecular complexity index is 829. The normalized spacial score (nSPS) is 12.7. The minimum absolute atomic E-state index is 0.0530. The topological polar surface area (TPSA) is 38.0 Å². The third kappa shape index (κ3) is 4.00. The molecule has 0 spiro atoms. The Morgan fingerprint density at radius 3 is 1.85 bits per heavy atom. The molecule has 0 radical (unpaired) electrons. The molecule has 0 aromatic heterocycles. The van der Waals surface area contributed by atoms with Gasteiger partial charge in [0.1, 0.15) is 0 Å². The van der Waals surface area contributed by atoms with Crippen molar-refractivity contribution in [2.24, 2.45) is 0 Å². The number of hydrogen-bond donors (Lipinski definition) is 2. The second-order valence-corrected chi connectivity index (χ2v) is 6.86. The molecule has 0 heterocycles. The number of rotatable bonds is 4. The minimum atomic E-state index is -6.18. The first kappa shape index (κ1) is 21.3. The molecule has 0 saturated heterocycles. The van der Waals surface area contributed by atoms with Gasteiger partial charge < -0.3 is 0 Å². The first-order valence-corrected chi connectivity index (χ1v) is 8.54. The van der Waals surface area contributed by atoms with E-state index in [9.17, 15) is 35.1 Å². The molecule has 2 aromatic rings. The van der Waals surface area contributed by atoms with Crippen LogP contribution in [0.4, 0.5) is 46.5 Å². The third-order valence-corrected chi connectivity index (χ3v) is 4.75. The van der Waals surface area contributed by atoms with Crippen LogP contribution in [-0.2, 0) is 25.0 Å². The number of hydrogen-bond acceptors (Lipinski definition) is 2. The molecule has 3 N–H and O–H groups in total. The molecule has 146 valence electrons. The van der Waals surface area contributed by atoms with E-state index in [1.54, 1.807) is 0 Å². The van der Waals surface area contributed by atoms with Crippen LogP contribution in [0, 0.1) is 5.82 Å². The zero-order chi connectivity index (χ0) is 20.6. The summed E-state index contributed by atoms with van der Waals surface area (Å²) in [5.41, 5.74) is -1.64. The number of nitrogens with two attached hydrogens (primary N) is 1. The molecule has 0 bridgehead atoms. The number of anilines is 2. The van der Waals surface area contributed by atoms with Gasteiger partial charge in [-0.05, 0) is 0 Å². The van der Waals surface area contributed by atoms with Crippen molar-refractivity contribution in [1.29, 1.82) is 0 Å². The summed E-state index contributed by atoms with van der Waals surface area (Å²) in [6, 6.07) is 6.64. The van der Waals surface area contributed by atoms with Crippen molar-refractivity contribution in [1.82, 2.24) is 0 Å². The van der Waals surface area contributed by atoms with Crippen LogP contribution in [0.3, 0.4) is 0 Å². The van der Waals surface area contributed by atoms with Crippen molar-refractivity contribution in [3.8, 4) is 0 Å². The van der Waals surface area contributed by atoms with E-state index in [4.69, 9.17) is 5.73 Å². The molecule has 0 saturated carbocycles. The number of nitrogens with one attached hydrogen (secondary N) is 1. The number of alkyl halides is 7. The van der Waals surface area contributed by atoms with E-state index < -0.39 is 29.4 Å². The summed E-state index contributed by atoms with van der Waals surface area (Å²) in [5, 5.41) is 2.66. The van der Waals surface area contributed by atoms with E-state index in [0.29, 0.717) is 12.1 Å². The predicted molar refractivity (Wildman–Crippen MR) is 79.9 cm³/mol. The SMILES string of the molecule is Nc1cccc([C](=[W])Nc2ccc(C(F)(C(F)(F)F)C(F)(F)F)cc2)c1F. The molecule has 0 aliphatic heterocycles. The van der Waals surface area contributed by atoms with Crippen molar-refractivity contribution in [2.75, 3.05) is 11.1 Å². The maximum atomic E-state index is 14.0. The van der Waals surface area contributed by atoms with E-state index in [2.05, 4.69) is 5.32 Å². The summed E-state index contributed by atoms with van der Waals surface area (Å²) in [5.74, 6) is -0.719. The van der Waals surface area contributed by atoms with Gasteiger partial charge in [-0.1, -0.05) is 0 Å². The zero-order valence-electron chi connectivity index (χ0n) is 13.1. The molecular weight excluding hydrogens is 556 g/mol. The molecule has 2 aromatic carbocycles. The quantitative estimate of drug-likeness (QED) is 0.412. The monoisotopic (exact) mass is 566 g/mol. The van der Waals surface area contributed by atoms with Crippen LogP contribution in [0.2, 0.25) is 0 Å². The third-order valence-electron chi connectivity index (χ3n) is 3.60. The molecule has 27 heavy (non-hydrogen) atoms. The molecule has 0 fully saturated rings. The fraction of sp³-hybridized carbons (Fsp3) is 0.188. The van der Waals surface area contributed by atoms with Gasteiger partial charge in [-0.2, -0.15) is 0 Å². The van der Waals surface area contributed by atoms with Crippen LogP contribution in [-0.4, -0.2) is 16.4 Å². The van der Waals surface area contributed by atoms with Crippen molar-refractivity contribution in [3.05, 3.63) is 59.4 Å². The van der Waals surface area contributed by atoms with Gasteiger partial charge >= 0.3 is 158 Å². The van der Waals surface area contributed by atoms with E-state index in [1.807, 2.05) is 0 Å². The first-order chi connectivity index (χ1) is 12.3. The number of benzene rings is 2. The van der Waals surface area contributed by atoms with Crippen LogP contribution < -0.4 is 11.1 Å². The average Bonchev–Trinajstić information content (AvgIpc) is 2.55. The maximum absolute atomic E-state index is 14.0. The van der Waals surface area contributed by atoms with E-state index >= 15 is 0 Å². The van der Waals surface area contributed by atoms with Crippen molar-refractivity contribution in [2.45, 2.75) is 18.0 Å². The van der Waals surface area contributed by atoms with Crippen molar-refractivity contribution >= 4 is 15.4 Å². The molecule has 0 aliphatic rings. The van der Waals surface area contributed by atoms with Gasteiger partial charge in [0.05, 0.1) is 0 Å². The summed E-state index contributed by atoms with van der Waals surface area (Å²) >= 11 is 0.726. The Morgan fingerprint density at radius 1 is 0.852 bits per heavy atom. The Balaban J connectivity index is 2.32. The summed E-state index contributed by atoms with van der Waals surface area (Å²) in [4.78, 5) is 0. The Labute approximate surface area is 158 Å². The van der Waals surface area contributed by atoms with Crippen molar-refractivity contribution < 1.29 is 54.5 Å². The zero-order valence-corrected chi connectivity index (χ0v) is 16.0. The van der Waals surface area contributed by atoms with Crippen LogP contribution in [0.15, 0.2) is 42.5 Å². The summed E-state index contributed by atoms with van der Waals surface area (Å²) in [6.07, 6.45) is -12.4. The van der Waals surface area contributed by atoms with Gasteiger partial charge in [0.2, 0.25) is 0 Å². The van der Waals surface area contributed by atoms with E-state index in [1.165, 1.54) is 18.2 Å². The van der Waals surface area contributed by atoms with Crippen LogP contribution in [0.5, 0.6) is 0 Å². The van der Waals surface area contributed by atoms with Gasteiger partial charge in [-0.15, -0.1) is 0 Å². The molecule has 2 nitrogen and oxygen atoms in total. The molecule has 0 amide bonds. The fourth-order valence-corrected chi connectivity index (χ4v) is 3.18. The standard InChI is InChI=1S/C16H10F8N2.W/c17-13-9(2-1-3-12(13)25)8-26-11-6-4-10(5-7-11)14(18,15(19,20)21)16(22,23)24;/h1-7,26H,25H2;. The summed E-state index contributed by atoms with van der Waals surface area (Å²) < 4.78 is 105. The van der Waals surface area contributed by atoms with E-state index in [-0.39, 0.29) is 21.0 Å². The van der Waals surface area contributed by atoms with Crippen LogP contribution in [0.1, 0.15) is 11.1 Å². The van der Waals surface area contributed by atoms with E-state index in [0.717, 1.165) is 31.5 Å². The average molecular weight is 566 g/mol. The predicted octanol–water partition coefficient (Wildman–Crippen LogP) is 4.83. The Kier molecular flexibility index (Phi) is 5.71. The second-order valence-electron chi connectivity index (χ2n) is 5.39. The summed E-state index contributed by atoms with van der Waals surface area (Å²) in [7, 11) is 0. The molecule has 0 aliphatic carbocycles. The number of nitrogen functional groups attached to an aromatic ring is 1. The fourth-order valence-electron chi connectivity index (χ4n) is 2.19. The molecule has 2 rings (SSSR count). The van der Waals surface area contributed by atoms with Gasteiger partial charge in [0, 0.05) is 0 Å². The Morgan fingerprint density at radius 2 is 1.37 bits per heavy atom. The molecule has 0 atom stereocenters. The Hall–Kier alpha value is -1.96. The summed E-state index contributed by atoms with van der Waals surface area (Å²) in [6.45, 7) is 0. The molecule has 11 heteroatoms. The van der Waals surface area contributed by atoms with Crippen molar-refractivity contribution in [3.63, 3.8) is 0 Å². The van der Waals surface area contributed by atoms with Gasteiger partial charge in [0.15, 0.2) is 0 Å². The second kappa shape index (κ2) is 7.22.